The van der Waals surface area contributed by atoms with Crippen LogP contribution < -0.4 is 5.32 Å². The fraction of sp³-hybridized carbons (Fsp3) is 0.538. The van der Waals surface area contributed by atoms with Crippen molar-refractivity contribution in [2.45, 2.75) is 32.7 Å². The summed E-state index contributed by atoms with van der Waals surface area (Å²) in [6.07, 6.45) is 1.92. The molecule has 1 N–H and O–H groups in total. The summed E-state index contributed by atoms with van der Waals surface area (Å²) in [4.78, 5) is 4.73. The highest BCUT2D eigenvalue weighted by molar-refractivity contribution is 7.09. The summed E-state index contributed by atoms with van der Waals surface area (Å²) in [5, 5.41) is 10.9. The lowest BCUT2D eigenvalue weighted by molar-refractivity contribution is 0.668. The summed E-state index contributed by atoms with van der Waals surface area (Å²) < 4.78 is 1.90. The van der Waals surface area contributed by atoms with Gasteiger partial charge < -0.3 is 5.32 Å². The molecule has 0 aliphatic carbocycles. The molecule has 0 bridgehead atoms. The van der Waals surface area contributed by atoms with Crippen molar-refractivity contribution in [3.05, 3.63) is 33.5 Å². The highest BCUT2D eigenvalue weighted by Gasteiger charge is 2.20. The number of hydrogen-bond donors (Lipinski definition) is 1. The van der Waals surface area contributed by atoms with E-state index in [1.807, 2.05) is 25.0 Å². The van der Waals surface area contributed by atoms with Crippen molar-refractivity contribution in [1.29, 1.82) is 0 Å². The molecular weight excluding hydrogens is 244 g/mol. The molecule has 0 saturated carbocycles. The molecule has 1 atom stereocenters. The van der Waals surface area contributed by atoms with Gasteiger partial charge in [-0.15, -0.1) is 11.3 Å². The normalized spacial score (nSPS) is 13.2. The molecule has 1 unspecified atom stereocenters. The highest BCUT2D eigenvalue weighted by Crippen LogP contribution is 2.28. The molecule has 2 aromatic rings. The number of aromatic nitrogens is 3. The molecule has 0 aliphatic heterocycles. The first-order valence-corrected chi connectivity index (χ1v) is 7.03. The molecule has 2 rings (SSSR count). The van der Waals surface area contributed by atoms with Crippen LogP contribution in [-0.2, 0) is 7.05 Å². The van der Waals surface area contributed by atoms with E-state index >= 15 is 0 Å². The van der Waals surface area contributed by atoms with Crippen molar-refractivity contribution in [2.75, 3.05) is 7.05 Å². The van der Waals surface area contributed by atoms with Crippen molar-refractivity contribution in [3.63, 3.8) is 0 Å². The van der Waals surface area contributed by atoms with E-state index < -0.39 is 0 Å². The minimum atomic E-state index is 0.135. The van der Waals surface area contributed by atoms with E-state index in [2.05, 4.69) is 36.6 Å². The van der Waals surface area contributed by atoms with Crippen LogP contribution in [0.4, 0.5) is 0 Å². The fourth-order valence-electron chi connectivity index (χ4n) is 1.91. The van der Waals surface area contributed by atoms with Crippen LogP contribution in [0.1, 0.15) is 47.8 Å². The molecular formula is C13H20N4S. The van der Waals surface area contributed by atoms with Crippen LogP contribution in [0.3, 0.4) is 0 Å². The quantitative estimate of drug-likeness (QED) is 0.923. The third-order valence-electron chi connectivity index (χ3n) is 3.25. The summed E-state index contributed by atoms with van der Waals surface area (Å²) in [6, 6.07) is 0.135. The van der Waals surface area contributed by atoms with Crippen molar-refractivity contribution in [1.82, 2.24) is 20.1 Å². The molecule has 98 valence electrons. The first-order chi connectivity index (χ1) is 8.54. The Hall–Kier alpha value is -1.20. The van der Waals surface area contributed by atoms with Crippen LogP contribution in [0.15, 0.2) is 11.6 Å². The van der Waals surface area contributed by atoms with E-state index in [-0.39, 0.29) is 6.04 Å². The van der Waals surface area contributed by atoms with Crippen LogP contribution in [0, 0.1) is 6.92 Å². The lowest BCUT2D eigenvalue weighted by atomic mass is 10.1. The van der Waals surface area contributed by atoms with Gasteiger partial charge in [-0.3, -0.25) is 4.68 Å². The summed E-state index contributed by atoms with van der Waals surface area (Å²) in [6.45, 7) is 6.43. The number of rotatable bonds is 4. The molecule has 2 heterocycles. The van der Waals surface area contributed by atoms with Gasteiger partial charge >= 0.3 is 0 Å². The predicted molar refractivity (Wildman–Crippen MR) is 75.1 cm³/mol. The van der Waals surface area contributed by atoms with Gasteiger partial charge in [-0.2, -0.15) is 5.10 Å². The monoisotopic (exact) mass is 264 g/mol. The maximum Gasteiger partial charge on any atom is 0.115 e. The van der Waals surface area contributed by atoms with Crippen LogP contribution >= 0.6 is 11.3 Å². The minimum Gasteiger partial charge on any atom is -0.307 e. The fourth-order valence-corrected chi connectivity index (χ4v) is 3.01. The smallest absolute Gasteiger partial charge is 0.115 e. The van der Waals surface area contributed by atoms with Gasteiger partial charge in [0.15, 0.2) is 0 Å². The molecule has 0 saturated heterocycles. The zero-order valence-electron chi connectivity index (χ0n) is 11.6. The number of nitrogens with zero attached hydrogens (tertiary/aromatic N) is 3. The molecule has 5 heteroatoms. The second-order valence-electron chi connectivity index (χ2n) is 4.80. The Kier molecular flexibility index (Phi) is 3.82. The number of nitrogens with one attached hydrogen (secondary N) is 1. The molecule has 4 nitrogen and oxygen atoms in total. The van der Waals surface area contributed by atoms with Gasteiger partial charge in [-0.05, 0) is 19.9 Å². The third-order valence-corrected chi connectivity index (χ3v) is 4.18. The Morgan fingerprint density at radius 3 is 2.56 bits per heavy atom. The maximum atomic E-state index is 4.73. The summed E-state index contributed by atoms with van der Waals surface area (Å²) in [5.74, 6) is 0.475. The first kappa shape index (κ1) is 13.2. The molecule has 0 fully saturated rings. The third kappa shape index (κ3) is 2.33. The Balaban J connectivity index is 2.36. The Morgan fingerprint density at radius 2 is 2.11 bits per heavy atom. The summed E-state index contributed by atoms with van der Waals surface area (Å²) in [5.41, 5.74) is 3.54. The molecule has 18 heavy (non-hydrogen) atoms. The van der Waals surface area contributed by atoms with Gasteiger partial charge in [0, 0.05) is 23.7 Å². The standard InChI is InChI=1S/C13H20N4S/c1-8(2)11-7-18-13(16-11)12(14-4)10-6-15-17(5)9(10)3/h6-8,12,14H,1-5H3. The molecule has 0 aromatic carbocycles. The summed E-state index contributed by atoms with van der Waals surface area (Å²) in [7, 11) is 3.93. The Bertz CT molecular complexity index is 527. The molecule has 2 aromatic heterocycles. The Labute approximate surface area is 112 Å². The minimum absolute atomic E-state index is 0.135. The average molecular weight is 264 g/mol. The predicted octanol–water partition coefficient (Wildman–Crippen LogP) is 2.62. The second kappa shape index (κ2) is 5.20. The zero-order chi connectivity index (χ0) is 13.3. The van der Waals surface area contributed by atoms with E-state index in [1.54, 1.807) is 11.3 Å². The van der Waals surface area contributed by atoms with Crippen molar-refractivity contribution in [2.24, 2.45) is 7.05 Å². The van der Waals surface area contributed by atoms with Crippen LogP contribution in [0.25, 0.3) is 0 Å². The van der Waals surface area contributed by atoms with Crippen LogP contribution in [-0.4, -0.2) is 21.8 Å². The van der Waals surface area contributed by atoms with E-state index in [0.717, 1.165) is 10.7 Å². The number of aryl methyl sites for hydroxylation is 1. The number of thiazole rings is 1. The van der Waals surface area contributed by atoms with Crippen molar-refractivity contribution in [3.8, 4) is 0 Å². The largest absolute Gasteiger partial charge is 0.307 e. The van der Waals surface area contributed by atoms with Crippen molar-refractivity contribution >= 4 is 11.3 Å². The first-order valence-electron chi connectivity index (χ1n) is 6.15. The van der Waals surface area contributed by atoms with Gasteiger partial charge in [0.2, 0.25) is 0 Å². The van der Waals surface area contributed by atoms with Crippen LogP contribution in [0.5, 0.6) is 0 Å². The van der Waals surface area contributed by atoms with E-state index in [4.69, 9.17) is 4.98 Å². The molecule has 0 amide bonds. The van der Waals surface area contributed by atoms with Gasteiger partial charge in [0.05, 0.1) is 17.9 Å². The lowest BCUT2D eigenvalue weighted by Gasteiger charge is -2.13. The second-order valence-corrected chi connectivity index (χ2v) is 5.69. The van der Waals surface area contributed by atoms with E-state index in [0.29, 0.717) is 5.92 Å². The summed E-state index contributed by atoms with van der Waals surface area (Å²) >= 11 is 1.71. The van der Waals surface area contributed by atoms with Crippen LogP contribution in [0.2, 0.25) is 0 Å². The maximum absolute atomic E-state index is 4.73. The lowest BCUT2D eigenvalue weighted by Crippen LogP contribution is -2.18. The SMILES string of the molecule is CNC(c1nc(C(C)C)cs1)c1cnn(C)c1C. The van der Waals surface area contributed by atoms with Crippen molar-refractivity contribution < 1.29 is 0 Å². The zero-order valence-corrected chi connectivity index (χ0v) is 12.4. The molecule has 0 aliphatic rings. The average Bonchev–Trinajstić information content (AvgIpc) is 2.92. The topological polar surface area (TPSA) is 42.7 Å². The number of hydrogen-bond acceptors (Lipinski definition) is 4. The van der Waals surface area contributed by atoms with Gasteiger partial charge in [0.25, 0.3) is 0 Å². The van der Waals surface area contributed by atoms with Gasteiger partial charge in [-0.25, -0.2) is 4.98 Å². The Morgan fingerprint density at radius 1 is 1.39 bits per heavy atom. The molecule has 0 spiro atoms. The molecule has 0 radical (unpaired) electrons. The van der Waals surface area contributed by atoms with E-state index in [1.165, 1.54) is 11.3 Å². The highest BCUT2D eigenvalue weighted by atomic mass is 32.1. The van der Waals surface area contributed by atoms with E-state index in [9.17, 15) is 0 Å². The van der Waals surface area contributed by atoms with Gasteiger partial charge in [0.1, 0.15) is 5.01 Å². The van der Waals surface area contributed by atoms with Gasteiger partial charge in [-0.1, -0.05) is 13.8 Å².